The van der Waals surface area contributed by atoms with Crippen molar-refractivity contribution in [1.29, 1.82) is 0 Å². The molecule has 0 unspecified atom stereocenters. The third-order valence-corrected chi connectivity index (χ3v) is 5.24. The minimum absolute atomic E-state index is 0. The Morgan fingerprint density at radius 1 is 1.12 bits per heavy atom. The monoisotopic (exact) mass is 350 g/mol. The van der Waals surface area contributed by atoms with Gasteiger partial charge in [0.1, 0.15) is 0 Å². The zero-order valence-corrected chi connectivity index (χ0v) is 15.8. The Morgan fingerprint density at radius 2 is 1.75 bits per heavy atom. The second kappa shape index (κ2) is 8.35. The van der Waals surface area contributed by atoms with Gasteiger partial charge in [-0.05, 0) is 50.1 Å². The first-order valence-corrected chi connectivity index (χ1v) is 9.11. The summed E-state index contributed by atoms with van der Waals surface area (Å²) in [5, 5.41) is 3.68. The first kappa shape index (κ1) is 19.3. The Bertz CT molecular complexity index is 520. The molecule has 2 fully saturated rings. The fraction of sp³-hybridized carbons (Fsp3) is 0.650. The number of piperidine rings is 1. The molecule has 134 valence electrons. The van der Waals surface area contributed by atoms with Crippen LogP contribution in [0.3, 0.4) is 0 Å². The van der Waals surface area contributed by atoms with Crippen LogP contribution in [0.2, 0.25) is 0 Å². The number of benzene rings is 1. The molecule has 0 spiro atoms. The molecule has 1 aromatic carbocycles. The van der Waals surface area contributed by atoms with Crippen molar-refractivity contribution in [3.63, 3.8) is 0 Å². The Kier molecular flexibility index (Phi) is 6.70. The summed E-state index contributed by atoms with van der Waals surface area (Å²) in [6.45, 7) is 7.15. The number of hydrogen-bond acceptors (Lipinski definition) is 2. The van der Waals surface area contributed by atoms with Crippen LogP contribution in [0, 0.1) is 11.3 Å². The van der Waals surface area contributed by atoms with Crippen LogP contribution in [0.5, 0.6) is 0 Å². The number of likely N-dealkylation sites (tertiary alicyclic amines) is 1. The van der Waals surface area contributed by atoms with Crippen LogP contribution in [-0.4, -0.2) is 36.5 Å². The molecule has 24 heavy (non-hydrogen) atoms. The maximum Gasteiger partial charge on any atom is 0.228 e. The average Bonchev–Trinajstić information content (AvgIpc) is 3.38. The second-order valence-electron chi connectivity index (χ2n) is 7.96. The zero-order valence-electron chi connectivity index (χ0n) is 15.0. The highest BCUT2D eigenvalue weighted by molar-refractivity contribution is 5.85. The van der Waals surface area contributed by atoms with E-state index < -0.39 is 0 Å². The molecule has 0 aromatic heterocycles. The van der Waals surface area contributed by atoms with Gasteiger partial charge in [0.25, 0.3) is 0 Å². The number of nitrogens with zero attached hydrogens (tertiary/aromatic N) is 1. The van der Waals surface area contributed by atoms with Gasteiger partial charge in [0.2, 0.25) is 5.91 Å². The average molecular weight is 351 g/mol. The normalized spacial score (nSPS) is 19.0. The Hall–Kier alpha value is -1.06. The molecule has 1 saturated heterocycles. The molecule has 4 heteroatoms. The van der Waals surface area contributed by atoms with Crippen LogP contribution in [0.1, 0.15) is 45.1 Å². The summed E-state index contributed by atoms with van der Waals surface area (Å²) in [4.78, 5) is 15.0. The Labute approximate surface area is 152 Å². The SMILES string of the molecule is CC(C)(Cc1ccccc1)C(=O)N1CCC(NCC2CC2)CC1.Cl. The van der Waals surface area contributed by atoms with Gasteiger partial charge in [-0.25, -0.2) is 0 Å². The molecular weight excluding hydrogens is 320 g/mol. The Morgan fingerprint density at radius 3 is 2.33 bits per heavy atom. The van der Waals surface area contributed by atoms with Crippen LogP contribution in [0.15, 0.2) is 30.3 Å². The van der Waals surface area contributed by atoms with Crippen LogP contribution in [0.25, 0.3) is 0 Å². The predicted octanol–water partition coefficient (Wildman–Crippen LogP) is 3.67. The van der Waals surface area contributed by atoms with Gasteiger partial charge in [-0.1, -0.05) is 44.2 Å². The summed E-state index contributed by atoms with van der Waals surface area (Å²) in [6.07, 6.45) is 5.81. The molecule has 1 saturated carbocycles. The summed E-state index contributed by atoms with van der Waals surface area (Å²) in [5.74, 6) is 1.24. The number of carbonyl (C=O) groups is 1. The lowest BCUT2D eigenvalue weighted by Gasteiger charge is -2.37. The summed E-state index contributed by atoms with van der Waals surface area (Å²) in [6, 6.07) is 11.0. The van der Waals surface area contributed by atoms with Gasteiger partial charge >= 0.3 is 0 Å². The van der Waals surface area contributed by atoms with Crippen LogP contribution < -0.4 is 5.32 Å². The van der Waals surface area contributed by atoms with E-state index in [9.17, 15) is 4.79 Å². The molecule has 2 aliphatic rings. The predicted molar refractivity (Wildman–Crippen MR) is 102 cm³/mol. The molecular formula is C20H31ClN2O. The molecule has 0 bridgehead atoms. The summed E-state index contributed by atoms with van der Waals surface area (Å²) in [5.41, 5.74) is 0.919. The van der Waals surface area contributed by atoms with E-state index in [4.69, 9.17) is 0 Å². The number of amides is 1. The van der Waals surface area contributed by atoms with Crippen LogP contribution in [-0.2, 0) is 11.2 Å². The molecule has 1 aromatic rings. The summed E-state index contributed by atoms with van der Waals surface area (Å²) in [7, 11) is 0. The maximum absolute atomic E-state index is 12.9. The van der Waals surface area contributed by atoms with Gasteiger partial charge in [0, 0.05) is 24.5 Å². The molecule has 1 heterocycles. The number of rotatable bonds is 6. The van der Waals surface area contributed by atoms with Gasteiger partial charge in [-0.15, -0.1) is 12.4 Å². The smallest absolute Gasteiger partial charge is 0.228 e. The van der Waals surface area contributed by atoms with E-state index >= 15 is 0 Å². The molecule has 1 amide bonds. The zero-order chi connectivity index (χ0) is 16.3. The summed E-state index contributed by atoms with van der Waals surface area (Å²) >= 11 is 0. The molecule has 3 rings (SSSR count). The molecule has 1 aliphatic carbocycles. The van der Waals surface area contributed by atoms with Gasteiger partial charge in [-0.3, -0.25) is 4.79 Å². The van der Waals surface area contributed by atoms with Crippen molar-refractivity contribution in [3.8, 4) is 0 Å². The molecule has 1 aliphatic heterocycles. The lowest BCUT2D eigenvalue weighted by atomic mass is 9.83. The minimum Gasteiger partial charge on any atom is -0.342 e. The van der Waals surface area contributed by atoms with Crippen LogP contribution in [0.4, 0.5) is 0 Å². The van der Waals surface area contributed by atoms with E-state index in [0.29, 0.717) is 11.9 Å². The lowest BCUT2D eigenvalue weighted by Crippen LogP contribution is -2.49. The van der Waals surface area contributed by atoms with Gasteiger partial charge < -0.3 is 10.2 Å². The fourth-order valence-corrected chi connectivity index (χ4v) is 3.55. The highest BCUT2D eigenvalue weighted by Crippen LogP contribution is 2.29. The molecule has 3 nitrogen and oxygen atoms in total. The van der Waals surface area contributed by atoms with Crippen molar-refractivity contribution in [2.24, 2.45) is 11.3 Å². The van der Waals surface area contributed by atoms with Gasteiger partial charge in [0.15, 0.2) is 0 Å². The quantitative estimate of drug-likeness (QED) is 0.849. The van der Waals surface area contributed by atoms with Gasteiger partial charge in [0.05, 0.1) is 0 Å². The number of carbonyl (C=O) groups excluding carboxylic acids is 1. The van der Waals surface area contributed by atoms with Crippen molar-refractivity contribution >= 4 is 18.3 Å². The van der Waals surface area contributed by atoms with Crippen molar-refractivity contribution in [1.82, 2.24) is 10.2 Å². The maximum atomic E-state index is 12.9. The largest absolute Gasteiger partial charge is 0.342 e. The second-order valence-corrected chi connectivity index (χ2v) is 7.96. The van der Waals surface area contributed by atoms with E-state index in [1.54, 1.807) is 0 Å². The van der Waals surface area contributed by atoms with Crippen LogP contribution >= 0.6 is 12.4 Å². The van der Waals surface area contributed by atoms with E-state index in [1.807, 2.05) is 18.2 Å². The van der Waals surface area contributed by atoms with E-state index in [0.717, 1.165) is 38.3 Å². The van der Waals surface area contributed by atoms with Crippen molar-refractivity contribution in [3.05, 3.63) is 35.9 Å². The molecule has 0 atom stereocenters. The third kappa shape index (κ3) is 5.22. The molecule has 0 radical (unpaired) electrons. The van der Waals surface area contributed by atoms with E-state index in [-0.39, 0.29) is 17.8 Å². The van der Waals surface area contributed by atoms with Crippen molar-refractivity contribution in [2.45, 2.75) is 52.0 Å². The first-order chi connectivity index (χ1) is 11.0. The van der Waals surface area contributed by atoms with E-state index in [2.05, 4.69) is 36.2 Å². The number of nitrogens with one attached hydrogen (secondary N) is 1. The minimum atomic E-state index is -0.324. The highest BCUT2D eigenvalue weighted by atomic mass is 35.5. The summed E-state index contributed by atoms with van der Waals surface area (Å²) < 4.78 is 0. The van der Waals surface area contributed by atoms with Crippen molar-refractivity contribution in [2.75, 3.05) is 19.6 Å². The lowest BCUT2D eigenvalue weighted by molar-refractivity contribution is -0.141. The standard InChI is InChI=1S/C20H30N2O.ClH/c1-20(2,14-16-6-4-3-5-7-16)19(23)22-12-10-18(11-13-22)21-15-17-8-9-17;/h3-7,17-18,21H,8-15H2,1-2H3;1H. The highest BCUT2D eigenvalue weighted by Gasteiger charge is 2.34. The van der Waals surface area contributed by atoms with E-state index in [1.165, 1.54) is 24.9 Å². The number of hydrogen-bond donors (Lipinski definition) is 1. The Balaban J connectivity index is 0.00000208. The third-order valence-electron chi connectivity index (χ3n) is 5.24. The topological polar surface area (TPSA) is 32.3 Å². The van der Waals surface area contributed by atoms with Crippen molar-refractivity contribution < 1.29 is 4.79 Å². The fourth-order valence-electron chi connectivity index (χ4n) is 3.55. The van der Waals surface area contributed by atoms with Gasteiger partial charge in [-0.2, -0.15) is 0 Å². The molecule has 1 N–H and O–H groups in total. The number of halogens is 1. The first-order valence-electron chi connectivity index (χ1n) is 9.11.